The predicted octanol–water partition coefficient (Wildman–Crippen LogP) is 2.83. The molecule has 0 saturated carbocycles. The van der Waals surface area contributed by atoms with Crippen LogP contribution < -0.4 is 0 Å². The molecule has 0 atom stereocenters. The minimum absolute atomic E-state index is 0.448. The van der Waals surface area contributed by atoms with Crippen LogP contribution >= 0.6 is 0 Å². The van der Waals surface area contributed by atoms with Crippen LogP contribution in [0.25, 0.3) is 0 Å². The summed E-state index contributed by atoms with van der Waals surface area (Å²) in [7, 11) is 0. The van der Waals surface area contributed by atoms with Gasteiger partial charge in [0.2, 0.25) is 0 Å². The van der Waals surface area contributed by atoms with Crippen molar-refractivity contribution in [1.29, 1.82) is 0 Å². The second-order valence-corrected chi connectivity index (χ2v) is 4.86. The van der Waals surface area contributed by atoms with E-state index >= 15 is 0 Å². The molecule has 0 unspecified atom stereocenters. The molecule has 2 heterocycles. The third kappa shape index (κ3) is 2.47. The Balaban J connectivity index is 2.27. The van der Waals surface area contributed by atoms with E-state index in [-0.39, 0.29) is 0 Å². The monoisotopic (exact) mass is 246 g/mol. The average molecular weight is 246 g/mol. The first-order chi connectivity index (χ1) is 8.65. The Hall–Kier alpha value is -1.58. The van der Waals surface area contributed by atoms with E-state index in [2.05, 4.69) is 53.1 Å². The minimum Gasteiger partial charge on any atom is -0.329 e. The van der Waals surface area contributed by atoms with Gasteiger partial charge in [0.1, 0.15) is 5.82 Å². The topological polar surface area (TPSA) is 35.6 Å². The minimum atomic E-state index is 0.448. The number of aromatic nitrogens is 4. The molecule has 0 aliphatic heterocycles. The average Bonchev–Trinajstić information content (AvgIpc) is 2.95. The van der Waals surface area contributed by atoms with Gasteiger partial charge >= 0.3 is 0 Å². The fourth-order valence-corrected chi connectivity index (χ4v) is 2.22. The Labute approximate surface area is 109 Å². The second kappa shape index (κ2) is 5.38. The lowest BCUT2D eigenvalue weighted by Gasteiger charge is -2.11. The quantitative estimate of drug-likeness (QED) is 0.813. The van der Waals surface area contributed by atoms with Crippen LogP contribution in [0, 0.1) is 0 Å². The SMILES string of the molecule is CCc1cc(Cn2ccnc2C(C)C)n(CC)n1. The summed E-state index contributed by atoms with van der Waals surface area (Å²) in [4.78, 5) is 4.43. The maximum absolute atomic E-state index is 4.59. The molecule has 0 aromatic carbocycles. The van der Waals surface area contributed by atoms with Crippen LogP contribution in [-0.4, -0.2) is 19.3 Å². The molecule has 18 heavy (non-hydrogen) atoms. The Morgan fingerprint density at radius 1 is 1.28 bits per heavy atom. The van der Waals surface area contributed by atoms with Crippen molar-refractivity contribution in [2.75, 3.05) is 0 Å². The van der Waals surface area contributed by atoms with Crippen molar-refractivity contribution in [3.05, 3.63) is 35.7 Å². The Bertz CT molecular complexity index is 508. The van der Waals surface area contributed by atoms with Crippen molar-refractivity contribution in [3.8, 4) is 0 Å². The van der Waals surface area contributed by atoms with Crippen LogP contribution in [0.4, 0.5) is 0 Å². The van der Waals surface area contributed by atoms with E-state index in [4.69, 9.17) is 0 Å². The summed E-state index contributed by atoms with van der Waals surface area (Å²) >= 11 is 0. The molecule has 0 saturated heterocycles. The number of hydrogen-bond acceptors (Lipinski definition) is 2. The fraction of sp³-hybridized carbons (Fsp3) is 0.571. The van der Waals surface area contributed by atoms with Crippen molar-refractivity contribution >= 4 is 0 Å². The third-order valence-electron chi connectivity index (χ3n) is 3.17. The van der Waals surface area contributed by atoms with Gasteiger partial charge in [0.05, 0.1) is 17.9 Å². The van der Waals surface area contributed by atoms with Crippen molar-refractivity contribution in [2.24, 2.45) is 0 Å². The normalized spacial score (nSPS) is 11.4. The van der Waals surface area contributed by atoms with Gasteiger partial charge < -0.3 is 4.57 Å². The van der Waals surface area contributed by atoms with E-state index in [1.165, 1.54) is 5.69 Å². The van der Waals surface area contributed by atoms with Gasteiger partial charge in [0.15, 0.2) is 0 Å². The number of hydrogen-bond donors (Lipinski definition) is 0. The van der Waals surface area contributed by atoms with Crippen molar-refractivity contribution in [2.45, 2.75) is 53.1 Å². The van der Waals surface area contributed by atoms with E-state index < -0.39 is 0 Å². The zero-order valence-electron chi connectivity index (χ0n) is 11.7. The molecular formula is C14H22N4. The molecule has 0 radical (unpaired) electrons. The summed E-state index contributed by atoms with van der Waals surface area (Å²) in [6, 6.07) is 2.20. The molecule has 2 aromatic rings. The van der Waals surface area contributed by atoms with E-state index in [9.17, 15) is 0 Å². The van der Waals surface area contributed by atoms with Gasteiger partial charge in [-0.15, -0.1) is 0 Å². The van der Waals surface area contributed by atoms with Crippen molar-refractivity contribution < 1.29 is 0 Å². The maximum atomic E-state index is 4.59. The van der Waals surface area contributed by atoms with Crippen molar-refractivity contribution in [1.82, 2.24) is 19.3 Å². The third-order valence-corrected chi connectivity index (χ3v) is 3.17. The van der Waals surface area contributed by atoms with Gasteiger partial charge in [0.25, 0.3) is 0 Å². The molecule has 4 heteroatoms. The summed E-state index contributed by atoms with van der Waals surface area (Å²) in [6.07, 6.45) is 4.91. The van der Waals surface area contributed by atoms with Crippen LogP contribution in [0.5, 0.6) is 0 Å². The first-order valence-corrected chi connectivity index (χ1v) is 6.72. The lowest BCUT2D eigenvalue weighted by molar-refractivity contribution is 0.579. The highest BCUT2D eigenvalue weighted by atomic mass is 15.3. The molecule has 2 aromatic heterocycles. The highest BCUT2D eigenvalue weighted by Gasteiger charge is 2.11. The molecule has 0 spiro atoms. The van der Waals surface area contributed by atoms with Crippen molar-refractivity contribution in [3.63, 3.8) is 0 Å². The molecule has 4 nitrogen and oxygen atoms in total. The van der Waals surface area contributed by atoms with Crippen LogP contribution in [0.3, 0.4) is 0 Å². The van der Waals surface area contributed by atoms with Gasteiger partial charge in [-0.3, -0.25) is 4.68 Å². The second-order valence-electron chi connectivity index (χ2n) is 4.86. The Kier molecular flexibility index (Phi) is 3.84. The standard InChI is InChI=1S/C14H22N4/c1-5-12-9-13(18(6-2)16-12)10-17-8-7-15-14(17)11(3)4/h7-9,11H,5-6,10H2,1-4H3. The first-order valence-electron chi connectivity index (χ1n) is 6.72. The molecule has 0 aliphatic rings. The summed E-state index contributed by atoms with van der Waals surface area (Å²) in [5.74, 6) is 1.58. The highest BCUT2D eigenvalue weighted by Crippen LogP contribution is 2.15. The van der Waals surface area contributed by atoms with E-state index in [1.54, 1.807) is 0 Å². The molecule has 0 amide bonds. The summed E-state index contributed by atoms with van der Waals surface area (Å²) < 4.78 is 4.30. The molecule has 0 N–H and O–H groups in total. The van der Waals surface area contributed by atoms with E-state index in [0.29, 0.717) is 5.92 Å². The van der Waals surface area contributed by atoms with Gasteiger partial charge in [-0.2, -0.15) is 5.10 Å². The number of aryl methyl sites for hydroxylation is 2. The number of rotatable bonds is 5. The van der Waals surface area contributed by atoms with Crippen LogP contribution in [0.2, 0.25) is 0 Å². The zero-order valence-corrected chi connectivity index (χ0v) is 11.7. The lowest BCUT2D eigenvalue weighted by atomic mass is 10.2. The van der Waals surface area contributed by atoms with Gasteiger partial charge in [0, 0.05) is 24.9 Å². The predicted molar refractivity (Wildman–Crippen MR) is 72.7 cm³/mol. The first kappa shape index (κ1) is 12.9. The summed E-state index contributed by atoms with van der Waals surface area (Å²) in [5, 5.41) is 4.59. The van der Waals surface area contributed by atoms with Gasteiger partial charge in [-0.1, -0.05) is 20.8 Å². The molecule has 98 valence electrons. The Morgan fingerprint density at radius 2 is 2.06 bits per heavy atom. The molecule has 0 fully saturated rings. The van der Waals surface area contributed by atoms with E-state index in [1.807, 2.05) is 12.4 Å². The van der Waals surface area contributed by atoms with Crippen LogP contribution in [0.15, 0.2) is 18.5 Å². The zero-order chi connectivity index (χ0) is 13.1. The molecule has 2 rings (SSSR count). The molecule has 0 aliphatic carbocycles. The number of imidazole rings is 1. The highest BCUT2D eigenvalue weighted by molar-refractivity contribution is 5.12. The fourth-order valence-electron chi connectivity index (χ4n) is 2.22. The van der Waals surface area contributed by atoms with Gasteiger partial charge in [-0.25, -0.2) is 4.98 Å². The lowest BCUT2D eigenvalue weighted by Crippen LogP contribution is -2.10. The number of nitrogens with zero attached hydrogens (tertiary/aromatic N) is 4. The van der Waals surface area contributed by atoms with Crippen LogP contribution in [0.1, 0.15) is 50.8 Å². The maximum Gasteiger partial charge on any atom is 0.111 e. The summed E-state index contributed by atoms with van der Waals surface area (Å²) in [6.45, 7) is 10.4. The smallest absolute Gasteiger partial charge is 0.111 e. The molecule has 0 bridgehead atoms. The summed E-state index contributed by atoms with van der Waals surface area (Å²) in [5.41, 5.74) is 2.42. The van der Waals surface area contributed by atoms with Crippen LogP contribution in [-0.2, 0) is 19.5 Å². The van der Waals surface area contributed by atoms with E-state index in [0.717, 1.165) is 31.0 Å². The van der Waals surface area contributed by atoms with Gasteiger partial charge in [-0.05, 0) is 19.4 Å². The largest absolute Gasteiger partial charge is 0.329 e. The molecular weight excluding hydrogens is 224 g/mol. The Morgan fingerprint density at radius 3 is 2.67 bits per heavy atom.